The van der Waals surface area contributed by atoms with Crippen LogP contribution < -0.4 is 0 Å². The van der Waals surface area contributed by atoms with Crippen molar-refractivity contribution in [2.75, 3.05) is 0 Å². The number of para-hydroxylation sites is 6. The Hall–Kier alpha value is -9.40. The molecule has 0 N–H and O–H groups in total. The first-order valence-corrected chi connectivity index (χ1v) is 23.3. The molecule has 0 fully saturated rings. The number of nitriles is 2. The molecule has 0 amide bonds. The van der Waals surface area contributed by atoms with Crippen LogP contribution in [0.1, 0.15) is 33.1 Å². The summed E-state index contributed by atoms with van der Waals surface area (Å²) in [6.07, 6.45) is 0. The molecular formula is C63H36N6S. The predicted molar refractivity (Wildman–Crippen MR) is 291 cm³/mol. The molecule has 0 aliphatic carbocycles. The summed E-state index contributed by atoms with van der Waals surface area (Å²) in [4.78, 5) is 0. The topological polar surface area (TPSA) is 67.3 Å². The summed E-state index contributed by atoms with van der Waals surface area (Å²) in [6, 6.07) is 46.2. The van der Waals surface area contributed by atoms with Gasteiger partial charge in [0.25, 0.3) is 0 Å². The summed E-state index contributed by atoms with van der Waals surface area (Å²) in [5.74, 6) is 0. The molecule has 70 heavy (non-hydrogen) atoms. The molecule has 0 aliphatic rings. The predicted octanol–water partition coefficient (Wildman–Crippen LogP) is 16.5. The van der Waals surface area contributed by atoms with Crippen molar-refractivity contribution >= 4 is 119 Å². The smallest absolute Gasteiger partial charge is 0.104 e. The first kappa shape index (κ1) is 28.7. The molecule has 0 saturated heterocycles. The Morgan fingerprint density at radius 2 is 0.800 bits per heavy atom. The Morgan fingerprint density at radius 3 is 1.23 bits per heavy atom. The van der Waals surface area contributed by atoms with Gasteiger partial charge in [0, 0.05) is 62.7 Å². The van der Waals surface area contributed by atoms with Gasteiger partial charge in [0.05, 0.1) is 83.9 Å². The second kappa shape index (κ2) is 14.3. The van der Waals surface area contributed by atoms with E-state index in [4.69, 9.17) is 6.85 Å². The van der Waals surface area contributed by atoms with Crippen molar-refractivity contribution in [3.05, 3.63) is 217 Å². The molecule has 10 aromatic carbocycles. The fourth-order valence-corrected chi connectivity index (χ4v) is 12.3. The first-order chi connectivity index (χ1) is 39.6. The summed E-state index contributed by atoms with van der Waals surface area (Å²) >= 11 is 0.889. The Morgan fingerprint density at radius 1 is 0.400 bits per heavy atom. The van der Waals surface area contributed by atoms with E-state index in [1.807, 2.05) is 159 Å². The lowest BCUT2D eigenvalue weighted by molar-refractivity contribution is 1.02. The van der Waals surface area contributed by atoms with E-state index in [2.05, 4.69) is 12.1 Å². The van der Waals surface area contributed by atoms with Crippen molar-refractivity contribution in [1.82, 2.24) is 18.3 Å². The van der Waals surface area contributed by atoms with Crippen molar-refractivity contribution in [1.29, 1.82) is 10.5 Å². The van der Waals surface area contributed by atoms with E-state index in [0.717, 1.165) is 43.7 Å². The van der Waals surface area contributed by atoms with Gasteiger partial charge in [0.2, 0.25) is 0 Å². The van der Waals surface area contributed by atoms with Crippen LogP contribution in [0.25, 0.3) is 130 Å². The van der Waals surface area contributed by atoms with Gasteiger partial charge >= 0.3 is 0 Å². The van der Waals surface area contributed by atoms with Gasteiger partial charge in [-0.2, -0.15) is 10.5 Å². The Balaban J connectivity index is 1.33. The normalized spacial score (nSPS) is 14.7. The minimum Gasteiger partial charge on any atom is -0.306 e. The fraction of sp³-hybridized carbons (Fsp3) is 0.0159. The third-order valence-corrected chi connectivity index (χ3v) is 15.0. The maximum Gasteiger partial charge on any atom is 0.104 e. The van der Waals surface area contributed by atoms with Crippen molar-refractivity contribution < 1.29 is 16.4 Å². The zero-order valence-corrected chi connectivity index (χ0v) is 37.3. The van der Waals surface area contributed by atoms with Crippen LogP contribution >= 0.6 is 11.3 Å². The SMILES string of the molecule is [2H]c1c([2H])c([2H])c2c(sc3c2c([2H])c([2H])c2c4c([2H])c(C([2H])([2H])[2H])c([2H])c([2H])c4n(-c4c(C#N)c(-n5c6ccccc6c6ccccc65)c(-n5c6ccccc6c6ccccc65)c(C#N)c4-n4c5ccccc5c5ccccc54)c32)c1[2H]. The van der Waals surface area contributed by atoms with Crippen LogP contribution in [0.5, 0.6) is 0 Å². The lowest BCUT2D eigenvalue weighted by Gasteiger charge is -2.27. The standard InChI is InChI=1S/C63H36N6S/c1-37-30-33-56-47(34-37)45-31-32-46-44-22-8-15-29-57(44)70-63(46)62(45)69(56)61-49(36-65)59(67-52-25-11-4-18-40(52)41-19-5-12-26-53(41)67)58(66-50-23-9-2-16-38(50)39-17-3-10-24-51(39)66)48(35-64)60(61)68-54-27-13-6-20-42(54)43-21-7-14-28-55(43)68/h2-34H,1H3/i1D3,8D,15D,22D,29D,30D,31D,32D,33D,34D. The van der Waals surface area contributed by atoms with Crippen LogP contribution in [0.4, 0.5) is 0 Å². The van der Waals surface area contributed by atoms with E-state index in [9.17, 15) is 20.1 Å². The molecule has 6 nitrogen and oxygen atoms in total. The van der Waals surface area contributed by atoms with Crippen LogP contribution in [0.2, 0.25) is 0 Å². The number of rotatable bonds is 4. The Kier molecular flexibility index (Phi) is 5.87. The lowest BCUT2D eigenvalue weighted by Crippen LogP contribution is -2.16. The molecule has 0 radical (unpaired) electrons. The minimum atomic E-state index is -3.14. The highest BCUT2D eigenvalue weighted by Crippen LogP contribution is 2.50. The second-order valence-electron chi connectivity index (χ2n) is 17.3. The summed E-state index contributed by atoms with van der Waals surface area (Å²) in [7, 11) is 0. The van der Waals surface area contributed by atoms with Crippen LogP contribution in [-0.4, -0.2) is 18.3 Å². The van der Waals surface area contributed by atoms with Gasteiger partial charge in [-0.05, 0) is 61.4 Å². The van der Waals surface area contributed by atoms with Crippen LogP contribution in [0.3, 0.4) is 0 Å². The molecule has 5 heterocycles. The molecule has 15 aromatic rings. The van der Waals surface area contributed by atoms with Gasteiger partial charge in [-0.1, -0.05) is 151 Å². The molecule has 0 unspecified atom stereocenters. The molecule has 0 bridgehead atoms. The molecule has 324 valence electrons. The van der Waals surface area contributed by atoms with Gasteiger partial charge in [0.1, 0.15) is 23.3 Å². The third kappa shape index (κ3) is 4.98. The monoisotopic (exact) mass is 920 g/mol. The molecule has 0 saturated carbocycles. The minimum absolute atomic E-state index is 0.0112. The van der Waals surface area contributed by atoms with Gasteiger partial charge in [-0.15, -0.1) is 11.3 Å². The summed E-state index contributed by atoms with van der Waals surface area (Å²) < 4.78 is 119. The first-order valence-electron chi connectivity index (χ1n) is 28.5. The third-order valence-electron chi connectivity index (χ3n) is 13.8. The number of hydrogen-bond acceptors (Lipinski definition) is 3. The number of hydrogen-bond donors (Lipinski definition) is 0. The maximum absolute atomic E-state index is 12.8. The number of aromatic nitrogens is 4. The number of thiophene rings is 1. The van der Waals surface area contributed by atoms with E-state index >= 15 is 0 Å². The van der Waals surface area contributed by atoms with Gasteiger partial charge in [-0.3, -0.25) is 0 Å². The molecule has 5 aromatic heterocycles. The van der Waals surface area contributed by atoms with Crippen molar-refractivity contribution in [2.24, 2.45) is 0 Å². The Labute approximate surface area is 421 Å². The largest absolute Gasteiger partial charge is 0.306 e. The highest BCUT2D eigenvalue weighted by Gasteiger charge is 2.35. The summed E-state index contributed by atoms with van der Waals surface area (Å²) in [6.45, 7) is -3.14. The molecule has 0 spiro atoms. The van der Waals surface area contributed by atoms with Crippen molar-refractivity contribution in [2.45, 2.75) is 6.85 Å². The quantitative estimate of drug-likeness (QED) is 0.176. The lowest BCUT2D eigenvalue weighted by atomic mass is 9.98. The van der Waals surface area contributed by atoms with E-state index in [0.29, 0.717) is 33.1 Å². The second-order valence-corrected chi connectivity index (χ2v) is 18.3. The van der Waals surface area contributed by atoms with E-state index < -0.39 is 66.8 Å². The van der Waals surface area contributed by atoms with Crippen LogP contribution in [0, 0.1) is 29.5 Å². The zero-order chi connectivity index (χ0) is 56.7. The number of nitrogens with zero attached hydrogens (tertiary/aromatic N) is 6. The van der Waals surface area contributed by atoms with Gasteiger partial charge < -0.3 is 18.3 Å². The van der Waals surface area contributed by atoms with E-state index in [1.165, 1.54) is 4.57 Å². The zero-order valence-electron chi connectivity index (χ0n) is 48.4. The summed E-state index contributed by atoms with van der Waals surface area (Å²) in [5.41, 5.74) is 3.18. The number of benzene rings is 10. The van der Waals surface area contributed by atoms with Crippen molar-refractivity contribution in [3.63, 3.8) is 0 Å². The molecule has 15 rings (SSSR count). The summed E-state index contributed by atoms with van der Waals surface area (Å²) in [5, 5.41) is 29.8. The average molecular weight is 921 g/mol. The van der Waals surface area contributed by atoms with Gasteiger partial charge in [0.15, 0.2) is 0 Å². The highest BCUT2D eigenvalue weighted by molar-refractivity contribution is 7.26. The van der Waals surface area contributed by atoms with Gasteiger partial charge in [-0.25, -0.2) is 0 Å². The molecule has 0 atom stereocenters. The molecule has 7 heteroatoms. The van der Waals surface area contributed by atoms with Crippen molar-refractivity contribution in [3.8, 4) is 34.9 Å². The van der Waals surface area contributed by atoms with E-state index in [1.54, 1.807) is 0 Å². The average Bonchev–Trinajstić information content (AvgIpc) is 1.59. The van der Waals surface area contributed by atoms with Crippen LogP contribution in [0.15, 0.2) is 200 Å². The maximum atomic E-state index is 12.8. The number of fused-ring (bicyclic) bond motifs is 16. The highest BCUT2D eigenvalue weighted by atomic mass is 32.1. The molecule has 0 aliphatic heterocycles. The Bertz CT molecular complexity index is 5390. The molecular weight excluding hydrogens is 873 g/mol. The fourth-order valence-electron chi connectivity index (χ4n) is 11.2. The van der Waals surface area contributed by atoms with Crippen LogP contribution in [-0.2, 0) is 0 Å². The van der Waals surface area contributed by atoms with E-state index in [-0.39, 0.29) is 75.9 Å².